The number of aromatic nitrogens is 2. The zero-order chi connectivity index (χ0) is 13.9. The Bertz CT molecular complexity index is 428. The molecule has 4 unspecified atom stereocenters. The molecule has 2 aliphatic carbocycles. The minimum Gasteiger partial charge on any atom is -0.392 e. The number of aliphatic hydroxyl groups excluding tert-OH is 1. The summed E-state index contributed by atoms with van der Waals surface area (Å²) in [5, 5.41) is 10.6. The molecule has 2 fully saturated rings. The van der Waals surface area contributed by atoms with Crippen LogP contribution in [0.25, 0.3) is 0 Å². The molecule has 0 saturated heterocycles. The summed E-state index contributed by atoms with van der Waals surface area (Å²) in [4.78, 5) is 4.41. The summed E-state index contributed by atoms with van der Waals surface area (Å²) in [6.45, 7) is 3.07. The average molecular weight is 276 g/mol. The molecule has 1 heterocycles. The Hall–Kier alpha value is -0.830. The monoisotopic (exact) mass is 276 g/mol. The van der Waals surface area contributed by atoms with E-state index in [4.69, 9.17) is 0 Å². The van der Waals surface area contributed by atoms with Crippen LogP contribution in [0.3, 0.4) is 0 Å². The van der Waals surface area contributed by atoms with E-state index in [0.29, 0.717) is 5.92 Å². The molecule has 3 nitrogen and oxygen atoms in total. The molecule has 1 aromatic heterocycles. The van der Waals surface area contributed by atoms with E-state index in [1.54, 1.807) is 0 Å². The number of rotatable bonds is 4. The number of aliphatic hydroxyl groups is 1. The summed E-state index contributed by atoms with van der Waals surface area (Å²) in [6.07, 6.45) is 13.9. The van der Waals surface area contributed by atoms with Gasteiger partial charge in [-0.3, -0.25) is 0 Å². The molecule has 0 bridgehead atoms. The molecule has 0 aromatic carbocycles. The van der Waals surface area contributed by atoms with E-state index in [0.717, 1.165) is 30.6 Å². The highest BCUT2D eigenvalue weighted by molar-refractivity contribution is 4.96. The first-order valence-electron chi connectivity index (χ1n) is 8.46. The van der Waals surface area contributed by atoms with Crippen molar-refractivity contribution in [2.24, 2.45) is 17.8 Å². The third-order valence-corrected chi connectivity index (χ3v) is 5.66. The smallest absolute Gasteiger partial charge is 0.111 e. The molecule has 0 spiro atoms. The first-order valence-corrected chi connectivity index (χ1v) is 8.46. The van der Waals surface area contributed by atoms with Crippen LogP contribution >= 0.6 is 0 Å². The van der Waals surface area contributed by atoms with Crippen molar-refractivity contribution in [2.45, 2.75) is 70.9 Å². The molecule has 3 rings (SSSR count). The fraction of sp³-hybridized carbons (Fsp3) is 0.824. The molecule has 0 aliphatic heterocycles. The van der Waals surface area contributed by atoms with Gasteiger partial charge in [-0.05, 0) is 43.9 Å². The molecule has 3 heteroatoms. The van der Waals surface area contributed by atoms with Gasteiger partial charge in [0.25, 0.3) is 0 Å². The zero-order valence-electron chi connectivity index (χ0n) is 12.7. The lowest BCUT2D eigenvalue weighted by Crippen LogP contribution is -2.34. The summed E-state index contributed by atoms with van der Waals surface area (Å²) >= 11 is 0. The van der Waals surface area contributed by atoms with Gasteiger partial charge in [0.05, 0.1) is 6.10 Å². The van der Waals surface area contributed by atoms with Gasteiger partial charge in [0.2, 0.25) is 0 Å². The Morgan fingerprint density at radius 3 is 2.85 bits per heavy atom. The van der Waals surface area contributed by atoms with Crippen molar-refractivity contribution in [1.29, 1.82) is 0 Å². The second-order valence-electron chi connectivity index (χ2n) is 6.78. The lowest BCUT2D eigenvalue weighted by atomic mass is 9.66. The topological polar surface area (TPSA) is 38.0 Å². The van der Waals surface area contributed by atoms with Gasteiger partial charge in [-0.15, -0.1) is 0 Å². The Kier molecular flexibility index (Phi) is 4.45. The fourth-order valence-electron chi connectivity index (χ4n) is 4.43. The SMILES string of the molecule is CCn1ccnc1CC(O)C1CCC2CCCCC2C1. The maximum absolute atomic E-state index is 10.6. The molecule has 0 amide bonds. The lowest BCUT2D eigenvalue weighted by Gasteiger charge is -2.40. The van der Waals surface area contributed by atoms with E-state index in [2.05, 4.69) is 16.5 Å². The molecule has 112 valence electrons. The number of imidazole rings is 1. The Labute approximate surface area is 122 Å². The molecule has 0 radical (unpaired) electrons. The Balaban J connectivity index is 1.58. The van der Waals surface area contributed by atoms with E-state index >= 15 is 0 Å². The third-order valence-electron chi connectivity index (χ3n) is 5.66. The first-order chi connectivity index (χ1) is 9.78. The van der Waals surface area contributed by atoms with Crippen molar-refractivity contribution in [1.82, 2.24) is 9.55 Å². The van der Waals surface area contributed by atoms with Crippen molar-refractivity contribution < 1.29 is 5.11 Å². The molecule has 2 aliphatic rings. The van der Waals surface area contributed by atoms with Gasteiger partial charge in [0.1, 0.15) is 5.82 Å². The van der Waals surface area contributed by atoms with Gasteiger partial charge < -0.3 is 9.67 Å². The molecule has 20 heavy (non-hydrogen) atoms. The maximum Gasteiger partial charge on any atom is 0.111 e. The highest BCUT2D eigenvalue weighted by Gasteiger charge is 2.35. The number of fused-ring (bicyclic) bond motifs is 1. The first kappa shape index (κ1) is 14.1. The highest BCUT2D eigenvalue weighted by atomic mass is 16.3. The summed E-state index contributed by atoms with van der Waals surface area (Å²) in [5.41, 5.74) is 0. The van der Waals surface area contributed by atoms with Gasteiger partial charge in [0, 0.05) is 25.4 Å². The van der Waals surface area contributed by atoms with Crippen LogP contribution in [-0.2, 0) is 13.0 Å². The van der Waals surface area contributed by atoms with Crippen LogP contribution in [0.15, 0.2) is 12.4 Å². The molecule has 1 aromatic rings. The second kappa shape index (κ2) is 6.30. The van der Waals surface area contributed by atoms with E-state index in [9.17, 15) is 5.11 Å². The van der Waals surface area contributed by atoms with Gasteiger partial charge >= 0.3 is 0 Å². The van der Waals surface area contributed by atoms with Crippen LogP contribution in [0.1, 0.15) is 57.7 Å². The van der Waals surface area contributed by atoms with E-state index < -0.39 is 0 Å². The number of hydrogen-bond acceptors (Lipinski definition) is 2. The molecular weight excluding hydrogens is 248 g/mol. The lowest BCUT2D eigenvalue weighted by molar-refractivity contribution is 0.0346. The quantitative estimate of drug-likeness (QED) is 0.915. The predicted molar refractivity (Wildman–Crippen MR) is 80.4 cm³/mol. The molecular formula is C17H28N2O. The molecule has 4 atom stereocenters. The van der Waals surface area contributed by atoms with Crippen molar-refractivity contribution in [3.63, 3.8) is 0 Å². The van der Waals surface area contributed by atoms with Crippen LogP contribution in [0.5, 0.6) is 0 Å². The number of nitrogens with zero attached hydrogens (tertiary/aromatic N) is 2. The summed E-state index contributed by atoms with van der Waals surface area (Å²) in [6, 6.07) is 0. The Morgan fingerprint density at radius 1 is 1.25 bits per heavy atom. The number of aryl methyl sites for hydroxylation is 1. The average Bonchev–Trinajstić information content (AvgIpc) is 2.94. The minimum atomic E-state index is -0.203. The minimum absolute atomic E-state index is 0.203. The molecule has 1 N–H and O–H groups in total. The predicted octanol–water partition coefficient (Wildman–Crippen LogP) is 3.41. The van der Waals surface area contributed by atoms with Crippen LogP contribution in [0, 0.1) is 17.8 Å². The van der Waals surface area contributed by atoms with Gasteiger partial charge in [0.15, 0.2) is 0 Å². The normalized spacial score (nSPS) is 31.8. The summed E-state index contributed by atoms with van der Waals surface area (Å²) in [7, 11) is 0. The molecule has 2 saturated carbocycles. The van der Waals surface area contributed by atoms with Crippen LogP contribution in [-0.4, -0.2) is 20.8 Å². The zero-order valence-corrected chi connectivity index (χ0v) is 12.7. The van der Waals surface area contributed by atoms with Gasteiger partial charge in [-0.25, -0.2) is 4.98 Å². The standard InChI is InChI=1S/C17H28N2O/c1-2-19-10-9-18-17(19)12-16(20)15-8-7-13-5-3-4-6-14(13)11-15/h9-10,13-16,20H,2-8,11-12H2,1H3. The van der Waals surface area contributed by atoms with Crippen LogP contribution in [0.4, 0.5) is 0 Å². The largest absolute Gasteiger partial charge is 0.392 e. The summed E-state index contributed by atoms with van der Waals surface area (Å²) < 4.78 is 2.15. The Morgan fingerprint density at radius 2 is 2.05 bits per heavy atom. The number of hydrogen-bond donors (Lipinski definition) is 1. The highest BCUT2D eigenvalue weighted by Crippen LogP contribution is 2.43. The van der Waals surface area contributed by atoms with Crippen molar-refractivity contribution >= 4 is 0 Å². The van der Waals surface area contributed by atoms with Crippen molar-refractivity contribution in [2.75, 3.05) is 0 Å². The second-order valence-corrected chi connectivity index (χ2v) is 6.78. The third kappa shape index (κ3) is 2.93. The van der Waals surface area contributed by atoms with E-state index in [-0.39, 0.29) is 6.10 Å². The maximum atomic E-state index is 10.6. The van der Waals surface area contributed by atoms with E-state index in [1.165, 1.54) is 44.9 Å². The summed E-state index contributed by atoms with van der Waals surface area (Å²) in [5.74, 6) is 3.40. The van der Waals surface area contributed by atoms with Gasteiger partial charge in [-0.1, -0.05) is 25.7 Å². The van der Waals surface area contributed by atoms with Crippen molar-refractivity contribution in [3.8, 4) is 0 Å². The van der Waals surface area contributed by atoms with Crippen LogP contribution < -0.4 is 0 Å². The van der Waals surface area contributed by atoms with Crippen molar-refractivity contribution in [3.05, 3.63) is 18.2 Å². The van der Waals surface area contributed by atoms with E-state index in [1.807, 2.05) is 12.4 Å². The van der Waals surface area contributed by atoms with Crippen LogP contribution in [0.2, 0.25) is 0 Å². The fourth-order valence-corrected chi connectivity index (χ4v) is 4.43. The van der Waals surface area contributed by atoms with Gasteiger partial charge in [-0.2, -0.15) is 0 Å².